The van der Waals surface area contributed by atoms with Gasteiger partial charge < -0.3 is 14.9 Å². The minimum Gasteiger partial charge on any atom is -0.494 e. The molecule has 0 spiro atoms. The molecule has 0 saturated carbocycles. The first-order valence-electron chi connectivity index (χ1n) is 8.50. The van der Waals surface area contributed by atoms with Gasteiger partial charge in [-0.15, -0.1) is 0 Å². The fourth-order valence-corrected chi connectivity index (χ4v) is 3.14. The first-order valence-corrected chi connectivity index (χ1v) is 8.50. The van der Waals surface area contributed by atoms with Crippen molar-refractivity contribution in [2.45, 2.75) is 78.4 Å². The first-order chi connectivity index (χ1) is 10.4. The van der Waals surface area contributed by atoms with E-state index in [1.54, 1.807) is 0 Å². The summed E-state index contributed by atoms with van der Waals surface area (Å²) in [5.41, 5.74) is 3.64. The maximum absolute atomic E-state index is 10.2. The van der Waals surface area contributed by atoms with Gasteiger partial charge in [-0.2, -0.15) is 0 Å². The zero-order chi connectivity index (χ0) is 16.7. The second-order valence-electron chi connectivity index (χ2n) is 6.38. The van der Waals surface area contributed by atoms with E-state index in [1.807, 2.05) is 6.92 Å². The van der Waals surface area contributed by atoms with Gasteiger partial charge in [0.1, 0.15) is 5.75 Å². The lowest BCUT2D eigenvalue weighted by molar-refractivity contribution is 0.00632. The lowest BCUT2D eigenvalue weighted by Gasteiger charge is -2.24. The first kappa shape index (κ1) is 19.0. The van der Waals surface area contributed by atoms with Crippen molar-refractivity contribution in [2.24, 2.45) is 0 Å². The van der Waals surface area contributed by atoms with Crippen molar-refractivity contribution in [1.29, 1.82) is 0 Å². The Labute approximate surface area is 135 Å². The summed E-state index contributed by atoms with van der Waals surface area (Å²) in [5.74, 6) is 1.13. The monoisotopic (exact) mass is 308 g/mol. The van der Waals surface area contributed by atoms with Crippen LogP contribution in [-0.4, -0.2) is 29.0 Å². The van der Waals surface area contributed by atoms with E-state index in [-0.39, 0.29) is 5.92 Å². The molecule has 0 aliphatic rings. The van der Waals surface area contributed by atoms with Crippen molar-refractivity contribution in [2.75, 3.05) is 6.61 Å². The minimum absolute atomic E-state index is 0.210. The van der Waals surface area contributed by atoms with Gasteiger partial charge in [0, 0.05) is 0 Å². The van der Waals surface area contributed by atoms with Gasteiger partial charge in [0.15, 0.2) is 0 Å². The molecule has 0 aromatic heterocycles. The Bertz CT molecular complexity index is 433. The molecule has 0 amide bonds. The molecule has 3 nitrogen and oxygen atoms in total. The fraction of sp³-hybridized carbons (Fsp3) is 0.684. The van der Waals surface area contributed by atoms with E-state index in [2.05, 4.69) is 39.8 Å². The number of hydrogen-bond acceptors (Lipinski definition) is 3. The predicted octanol–water partition coefficient (Wildman–Crippen LogP) is 4.11. The summed E-state index contributed by atoms with van der Waals surface area (Å²) in [4.78, 5) is 0. The minimum atomic E-state index is -0.662. The van der Waals surface area contributed by atoms with Crippen LogP contribution in [0.3, 0.4) is 0 Å². The Balaban J connectivity index is 2.82. The average molecular weight is 308 g/mol. The van der Waals surface area contributed by atoms with E-state index in [0.29, 0.717) is 12.8 Å². The largest absolute Gasteiger partial charge is 0.494 e. The molecule has 2 N–H and O–H groups in total. The standard InChI is InChI=1S/C19H32O3/c1-6-8-17(20)18(21)12-15(5)19-13(3)10-16(11-14(19)4)22-9-7-2/h10-11,15,17-18,20-21H,6-9,12H2,1-5H3. The predicted molar refractivity (Wildman–Crippen MR) is 91.7 cm³/mol. The topological polar surface area (TPSA) is 49.7 Å². The van der Waals surface area contributed by atoms with Crippen LogP contribution < -0.4 is 4.74 Å². The average Bonchev–Trinajstić information content (AvgIpc) is 2.44. The number of hydrogen-bond donors (Lipinski definition) is 2. The van der Waals surface area contributed by atoms with Crippen LogP contribution in [0.15, 0.2) is 12.1 Å². The number of benzene rings is 1. The molecule has 0 radical (unpaired) electrons. The second-order valence-corrected chi connectivity index (χ2v) is 6.38. The number of aryl methyl sites for hydroxylation is 2. The molecule has 0 saturated heterocycles. The molecular weight excluding hydrogens is 276 g/mol. The van der Waals surface area contributed by atoms with Crippen molar-refractivity contribution in [1.82, 2.24) is 0 Å². The van der Waals surface area contributed by atoms with E-state index in [1.165, 1.54) is 16.7 Å². The summed E-state index contributed by atoms with van der Waals surface area (Å²) in [7, 11) is 0. The highest BCUT2D eigenvalue weighted by atomic mass is 16.5. The van der Waals surface area contributed by atoms with Crippen LogP contribution in [0, 0.1) is 13.8 Å². The Morgan fingerprint density at radius 2 is 1.59 bits per heavy atom. The third kappa shape index (κ3) is 5.29. The number of ether oxygens (including phenoxy) is 1. The van der Waals surface area contributed by atoms with Crippen LogP contribution in [0.25, 0.3) is 0 Å². The third-order valence-corrected chi connectivity index (χ3v) is 4.16. The van der Waals surface area contributed by atoms with Gasteiger partial charge in [-0.1, -0.05) is 27.2 Å². The van der Waals surface area contributed by atoms with Crippen molar-refractivity contribution >= 4 is 0 Å². The fourth-order valence-electron chi connectivity index (χ4n) is 3.14. The van der Waals surface area contributed by atoms with Gasteiger partial charge in [-0.05, 0) is 67.9 Å². The molecular formula is C19H32O3. The zero-order valence-electron chi connectivity index (χ0n) is 14.7. The summed E-state index contributed by atoms with van der Waals surface area (Å²) < 4.78 is 5.71. The van der Waals surface area contributed by atoms with Crippen molar-refractivity contribution < 1.29 is 14.9 Å². The molecule has 0 aliphatic heterocycles. The lowest BCUT2D eigenvalue weighted by Crippen LogP contribution is -2.27. The highest BCUT2D eigenvalue weighted by Crippen LogP contribution is 2.31. The Hall–Kier alpha value is -1.06. The molecule has 0 aliphatic carbocycles. The maximum atomic E-state index is 10.2. The van der Waals surface area contributed by atoms with Gasteiger partial charge in [0.25, 0.3) is 0 Å². The molecule has 126 valence electrons. The zero-order valence-corrected chi connectivity index (χ0v) is 14.7. The summed E-state index contributed by atoms with van der Waals surface area (Å²) >= 11 is 0. The smallest absolute Gasteiger partial charge is 0.119 e. The van der Waals surface area contributed by atoms with E-state index in [0.717, 1.165) is 25.2 Å². The van der Waals surface area contributed by atoms with Crippen molar-refractivity contribution in [3.63, 3.8) is 0 Å². The highest BCUT2D eigenvalue weighted by molar-refractivity contribution is 5.43. The van der Waals surface area contributed by atoms with Crippen LogP contribution >= 0.6 is 0 Å². The highest BCUT2D eigenvalue weighted by Gasteiger charge is 2.21. The van der Waals surface area contributed by atoms with Gasteiger partial charge >= 0.3 is 0 Å². The molecule has 0 fully saturated rings. The summed E-state index contributed by atoms with van der Waals surface area (Å²) in [5, 5.41) is 20.1. The molecule has 3 heteroatoms. The normalized spacial score (nSPS) is 15.4. The molecule has 3 unspecified atom stereocenters. The quantitative estimate of drug-likeness (QED) is 0.722. The Kier molecular flexibility index (Phi) is 7.91. The van der Waals surface area contributed by atoms with Crippen LogP contribution in [0.1, 0.15) is 69.1 Å². The van der Waals surface area contributed by atoms with E-state index >= 15 is 0 Å². The maximum Gasteiger partial charge on any atom is 0.119 e. The number of rotatable bonds is 9. The molecule has 1 aromatic carbocycles. The lowest BCUT2D eigenvalue weighted by atomic mass is 9.86. The molecule has 0 bridgehead atoms. The summed E-state index contributed by atoms with van der Waals surface area (Å²) in [6, 6.07) is 4.15. The molecule has 0 heterocycles. The Morgan fingerprint density at radius 1 is 1.00 bits per heavy atom. The van der Waals surface area contributed by atoms with Crippen molar-refractivity contribution in [3.05, 3.63) is 28.8 Å². The molecule has 22 heavy (non-hydrogen) atoms. The van der Waals surface area contributed by atoms with Crippen LogP contribution in [0.4, 0.5) is 0 Å². The van der Waals surface area contributed by atoms with Gasteiger partial charge in [-0.25, -0.2) is 0 Å². The molecule has 1 rings (SSSR count). The van der Waals surface area contributed by atoms with Crippen LogP contribution in [-0.2, 0) is 0 Å². The SMILES string of the molecule is CCCOc1cc(C)c(C(C)CC(O)C(O)CCC)c(C)c1. The van der Waals surface area contributed by atoms with Gasteiger partial charge in [0.2, 0.25) is 0 Å². The van der Waals surface area contributed by atoms with Crippen LogP contribution in [0.5, 0.6) is 5.75 Å². The van der Waals surface area contributed by atoms with Crippen molar-refractivity contribution in [3.8, 4) is 5.75 Å². The van der Waals surface area contributed by atoms with Crippen LogP contribution in [0.2, 0.25) is 0 Å². The van der Waals surface area contributed by atoms with Gasteiger partial charge in [-0.3, -0.25) is 0 Å². The molecule has 3 atom stereocenters. The van der Waals surface area contributed by atoms with E-state index < -0.39 is 12.2 Å². The number of aliphatic hydroxyl groups excluding tert-OH is 2. The summed E-state index contributed by atoms with van der Waals surface area (Å²) in [6.07, 6.45) is 1.82. The third-order valence-electron chi connectivity index (χ3n) is 4.16. The van der Waals surface area contributed by atoms with Gasteiger partial charge in [0.05, 0.1) is 18.8 Å². The second kappa shape index (κ2) is 9.16. The molecule has 1 aromatic rings. The number of aliphatic hydroxyl groups is 2. The summed E-state index contributed by atoms with van der Waals surface area (Å²) in [6.45, 7) is 11.1. The van der Waals surface area contributed by atoms with E-state index in [4.69, 9.17) is 4.74 Å². The Morgan fingerprint density at radius 3 is 2.09 bits per heavy atom. The van der Waals surface area contributed by atoms with E-state index in [9.17, 15) is 10.2 Å².